The maximum absolute atomic E-state index is 4.92. The Labute approximate surface area is 89.9 Å². The summed E-state index contributed by atoms with van der Waals surface area (Å²) in [6.45, 7) is 4.07. The Bertz CT molecular complexity index is 271. The van der Waals surface area contributed by atoms with E-state index in [1.807, 2.05) is 6.92 Å². The molecule has 0 saturated carbocycles. The molecule has 0 radical (unpaired) electrons. The molecule has 14 heavy (non-hydrogen) atoms. The number of rotatable bonds is 2. The lowest BCUT2D eigenvalue weighted by atomic mass is 9.96. The van der Waals surface area contributed by atoms with Gasteiger partial charge in [-0.1, -0.05) is 5.16 Å². The average Bonchev–Trinajstić information content (AvgIpc) is 2.53. The lowest BCUT2D eigenvalue weighted by molar-refractivity contribution is 0.354. The average molecular weight is 218 g/mol. The van der Waals surface area contributed by atoms with Crippen LogP contribution in [0.5, 0.6) is 0 Å². The van der Waals surface area contributed by atoms with Crippen LogP contribution in [0.1, 0.15) is 24.6 Å². The number of halogens is 1. The van der Waals surface area contributed by atoms with Gasteiger partial charge >= 0.3 is 0 Å². The van der Waals surface area contributed by atoms with E-state index in [-0.39, 0.29) is 12.4 Å². The van der Waals surface area contributed by atoms with Crippen molar-refractivity contribution in [1.29, 1.82) is 0 Å². The van der Waals surface area contributed by atoms with Crippen molar-refractivity contribution < 1.29 is 4.52 Å². The fraction of sp³-hybridized carbons (Fsp3) is 0.778. The summed E-state index contributed by atoms with van der Waals surface area (Å²) in [5, 5.41) is 7.27. The number of piperidine rings is 1. The van der Waals surface area contributed by atoms with E-state index in [4.69, 9.17) is 4.52 Å². The molecule has 1 aliphatic rings. The van der Waals surface area contributed by atoms with Gasteiger partial charge in [-0.05, 0) is 31.8 Å². The molecule has 1 unspecified atom stereocenters. The van der Waals surface area contributed by atoms with E-state index in [0.717, 1.165) is 25.3 Å². The highest BCUT2D eigenvalue weighted by molar-refractivity contribution is 5.85. The Balaban J connectivity index is 0.000000980. The van der Waals surface area contributed by atoms with Gasteiger partial charge < -0.3 is 9.84 Å². The van der Waals surface area contributed by atoms with Gasteiger partial charge in [-0.3, -0.25) is 0 Å². The fourth-order valence-corrected chi connectivity index (χ4v) is 1.78. The Morgan fingerprint density at radius 1 is 1.57 bits per heavy atom. The first-order valence-electron chi connectivity index (χ1n) is 4.84. The minimum absolute atomic E-state index is 0. The SMILES string of the molecule is Cc1nc(CC2CCCNC2)no1.Cl. The number of hydrogen-bond donors (Lipinski definition) is 1. The van der Waals surface area contributed by atoms with Gasteiger partial charge in [0.15, 0.2) is 5.82 Å². The monoisotopic (exact) mass is 217 g/mol. The van der Waals surface area contributed by atoms with Crippen molar-refractivity contribution >= 4 is 12.4 Å². The molecule has 1 saturated heterocycles. The van der Waals surface area contributed by atoms with E-state index < -0.39 is 0 Å². The van der Waals surface area contributed by atoms with Crippen LogP contribution in [-0.2, 0) is 6.42 Å². The summed E-state index contributed by atoms with van der Waals surface area (Å²) >= 11 is 0. The molecule has 4 nitrogen and oxygen atoms in total. The molecule has 0 aliphatic carbocycles. The van der Waals surface area contributed by atoms with Crippen molar-refractivity contribution in [2.45, 2.75) is 26.2 Å². The predicted molar refractivity (Wildman–Crippen MR) is 55.6 cm³/mol. The number of aromatic nitrogens is 2. The van der Waals surface area contributed by atoms with Crippen molar-refractivity contribution in [2.75, 3.05) is 13.1 Å². The maximum atomic E-state index is 4.92. The summed E-state index contributed by atoms with van der Waals surface area (Å²) in [5.74, 6) is 2.20. The molecule has 0 spiro atoms. The zero-order valence-electron chi connectivity index (χ0n) is 8.32. The fourth-order valence-electron chi connectivity index (χ4n) is 1.78. The van der Waals surface area contributed by atoms with E-state index in [0.29, 0.717) is 11.8 Å². The zero-order valence-corrected chi connectivity index (χ0v) is 9.14. The first-order valence-corrected chi connectivity index (χ1v) is 4.84. The Morgan fingerprint density at radius 2 is 2.43 bits per heavy atom. The van der Waals surface area contributed by atoms with Gasteiger partial charge in [0.2, 0.25) is 5.89 Å². The molecule has 0 amide bonds. The third kappa shape index (κ3) is 2.96. The van der Waals surface area contributed by atoms with E-state index in [2.05, 4.69) is 15.5 Å². The third-order valence-corrected chi connectivity index (χ3v) is 2.44. The Kier molecular flexibility index (Phi) is 4.35. The summed E-state index contributed by atoms with van der Waals surface area (Å²) < 4.78 is 4.92. The predicted octanol–water partition coefficient (Wildman–Crippen LogP) is 1.34. The van der Waals surface area contributed by atoms with Gasteiger partial charge in [-0.2, -0.15) is 4.98 Å². The molecule has 1 N–H and O–H groups in total. The highest BCUT2D eigenvalue weighted by Crippen LogP contribution is 2.14. The molecule has 1 fully saturated rings. The number of nitrogens with one attached hydrogen (secondary N) is 1. The first kappa shape index (κ1) is 11.5. The quantitative estimate of drug-likeness (QED) is 0.813. The molecule has 80 valence electrons. The second-order valence-corrected chi connectivity index (χ2v) is 3.65. The normalized spacial score (nSPS) is 21.6. The molecule has 5 heteroatoms. The highest BCUT2D eigenvalue weighted by atomic mass is 35.5. The standard InChI is InChI=1S/C9H15N3O.ClH/c1-7-11-9(12-13-7)5-8-3-2-4-10-6-8;/h8,10H,2-6H2,1H3;1H. The van der Waals surface area contributed by atoms with Gasteiger partial charge in [0.1, 0.15) is 0 Å². The molecule has 1 aliphatic heterocycles. The molecule has 1 aromatic rings. The summed E-state index contributed by atoms with van der Waals surface area (Å²) in [4.78, 5) is 4.20. The van der Waals surface area contributed by atoms with Crippen molar-refractivity contribution in [3.05, 3.63) is 11.7 Å². The van der Waals surface area contributed by atoms with E-state index >= 15 is 0 Å². The van der Waals surface area contributed by atoms with E-state index in [1.165, 1.54) is 12.8 Å². The number of aryl methyl sites for hydroxylation is 1. The number of hydrogen-bond acceptors (Lipinski definition) is 4. The van der Waals surface area contributed by atoms with Gasteiger partial charge in [-0.15, -0.1) is 12.4 Å². The topological polar surface area (TPSA) is 51.0 Å². The second-order valence-electron chi connectivity index (χ2n) is 3.65. The van der Waals surface area contributed by atoms with Gasteiger partial charge in [0.05, 0.1) is 0 Å². The van der Waals surface area contributed by atoms with Crippen LogP contribution in [-0.4, -0.2) is 23.2 Å². The summed E-state index contributed by atoms with van der Waals surface area (Å²) in [5.41, 5.74) is 0. The maximum Gasteiger partial charge on any atom is 0.223 e. The van der Waals surface area contributed by atoms with Crippen LogP contribution in [0.4, 0.5) is 0 Å². The molecule has 2 rings (SSSR count). The summed E-state index contributed by atoms with van der Waals surface area (Å²) in [6.07, 6.45) is 3.49. The van der Waals surface area contributed by atoms with Gasteiger partial charge in [0, 0.05) is 13.3 Å². The van der Waals surface area contributed by atoms with Gasteiger partial charge in [-0.25, -0.2) is 0 Å². The van der Waals surface area contributed by atoms with E-state index in [9.17, 15) is 0 Å². The molecular weight excluding hydrogens is 202 g/mol. The van der Waals surface area contributed by atoms with Crippen LogP contribution in [0.15, 0.2) is 4.52 Å². The molecule has 0 aromatic carbocycles. The minimum atomic E-state index is 0. The van der Waals surface area contributed by atoms with Gasteiger partial charge in [0.25, 0.3) is 0 Å². The molecule has 0 bridgehead atoms. The third-order valence-electron chi connectivity index (χ3n) is 2.44. The van der Waals surface area contributed by atoms with Crippen LogP contribution in [0.2, 0.25) is 0 Å². The largest absolute Gasteiger partial charge is 0.340 e. The van der Waals surface area contributed by atoms with Crippen LogP contribution < -0.4 is 5.32 Å². The second kappa shape index (κ2) is 5.32. The van der Waals surface area contributed by atoms with Crippen molar-refractivity contribution in [1.82, 2.24) is 15.5 Å². The Morgan fingerprint density at radius 3 is 3.00 bits per heavy atom. The first-order chi connectivity index (χ1) is 6.34. The van der Waals surface area contributed by atoms with Crippen LogP contribution in [0.25, 0.3) is 0 Å². The van der Waals surface area contributed by atoms with Crippen LogP contribution in [0, 0.1) is 12.8 Å². The lowest BCUT2D eigenvalue weighted by Crippen LogP contribution is -2.31. The summed E-state index contributed by atoms with van der Waals surface area (Å²) in [6, 6.07) is 0. The lowest BCUT2D eigenvalue weighted by Gasteiger charge is -2.20. The van der Waals surface area contributed by atoms with E-state index in [1.54, 1.807) is 0 Å². The molecule has 1 atom stereocenters. The highest BCUT2D eigenvalue weighted by Gasteiger charge is 2.15. The molecule has 2 heterocycles. The smallest absolute Gasteiger partial charge is 0.223 e. The van der Waals surface area contributed by atoms with Crippen molar-refractivity contribution in [3.63, 3.8) is 0 Å². The van der Waals surface area contributed by atoms with Crippen LogP contribution >= 0.6 is 12.4 Å². The molecule has 1 aromatic heterocycles. The number of nitrogens with zero attached hydrogens (tertiary/aromatic N) is 2. The minimum Gasteiger partial charge on any atom is -0.340 e. The summed E-state index contributed by atoms with van der Waals surface area (Å²) in [7, 11) is 0. The Hall–Kier alpha value is -0.610. The van der Waals surface area contributed by atoms with Crippen molar-refractivity contribution in [2.24, 2.45) is 5.92 Å². The van der Waals surface area contributed by atoms with Crippen molar-refractivity contribution in [3.8, 4) is 0 Å². The van der Waals surface area contributed by atoms with Crippen LogP contribution in [0.3, 0.4) is 0 Å². The molecular formula is C9H16ClN3O. The zero-order chi connectivity index (χ0) is 9.10.